The molecule has 0 spiro atoms. The van der Waals surface area contributed by atoms with E-state index in [0.29, 0.717) is 0 Å². The molecule has 2 rings (SSSR count). The van der Waals surface area contributed by atoms with Crippen LogP contribution in [-0.4, -0.2) is 21.0 Å². The highest BCUT2D eigenvalue weighted by Crippen LogP contribution is 2.27. The number of halogens is 1. The minimum absolute atomic E-state index is 0.0442. The fourth-order valence-corrected chi connectivity index (χ4v) is 4.40. The van der Waals surface area contributed by atoms with E-state index < -0.39 is 10.0 Å². The second kappa shape index (κ2) is 7.42. The number of nitrogens with two attached hydrogens (primary N) is 1. The summed E-state index contributed by atoms with van der Waals surface area (Å²) in [7, 11) is -3.71. The number of hydrogen-bond donors (Lipinski definition) is 2. The van der Waals surface area contributed by atoms with Gasteiger partial charge in [-0.05, 0) is 37.0 Å². The molecule has 3 N–H and O–H groups in total. The van der Waals surface area contributed by atoms with Crippen molar-refractivity contribution in [1.29, 1.82) is 5.26 Å². The van der Waals surface area contributed by atoms with E-state index in [0.717, 1.165) is 25.7 Å². The highest BCUT2D eigenvalue weighted by Gasteiger charge is 2.27. The first-order valence-electron chi connectivity index (χ1n) is 7.40. The molecule has 1 fully saturated rings. The summed E-state index contributed by atoms with van der Waals surface area (Å²) >= 11 is 5.84. The molecule has 0 aromatic heterocycles. The van der Waals surface area contributed by atoms with Crippen molar-refractivity contribution in [2.24, 2.45) is 11.7 Å². The third kappa shape index (κ3) is 3.99. The Morgan fingerprint density at radius 3 is 2.64 bits per heavy atom. The zero-order valence-electron chi connectivity index (χ0n) is 12.3. The van der Waals surface area contributed by atoms with Crippen molar-refractivity contribution in [2.45, 2.75) is 43.0 Å². The SMILES string of the molecule is N#Cc1cc(S(=O)(=O)NC(CN)C2CCCCC2)ccc1Cl. The molecule has 0 radical (unpaired) electrons. The molecule has 1 atom stereocenters. The van der Waals surface area contributed by atoms with Crippen molar-refractivity contribution >= 4 is 21.6 Å². The largest absolute Gasteiger partial charge is 0.329 e. The minimum atomic E-state index is -3.71. The Labute approximate surface area is 136 Å². The predicted octanol–water partition coefficient (Wildman–Crippen LogP) is 2.40. The zero-order chi connectivity index (χ0) is 16.2. The number of rotatable bonds is 5. The van der Waals surface area contributed by atoms with E-state index in [-0.39, 0.29) is 34.0 Å². The molecular formula is C15H20ClN3O2S. The third-order valence-electron chi connectivity index (χ3n) is 4.15. The van der Waals surface area contributed by atoms with Crippen molar-refractivity contribution in [3.63, 3.8) is 0 Å². The average Bonchev–Trinajstić information content (AvgIpc) is 2.53. The summed E-state index contributed by atoms with van der Waals surface area (Å²) in [6, 6.07) is 5.73. The molecule has 1 aliphatic carbocycles. The smallest absolute Gasteiger partial charge is 0.240 e. The summed E-state index contributed by atoms with van der Waals surface area (Å²) in [6.45, 7) is 0.266. The van der Waals surface area contributed by atoms with Gasteiger partial charge in [0.15, 0.2) is 0 Å². The maximum Gasteiger partial charge on any atom is 0.240 e. The summed E-state index contributed by atoms with van der Waals surface area (Å²) in [5.41, 5.74) is 5.91. The van der Waals surface area contributed by atoms with Crippen LogP contribution in [-0.2, 0) is 10.0 Å². The molecule has 5 nitrogen and oxygen atoms in total. The number of nitrogens with zero attached hydrogens (tertiary/aromatic N) is 1. The second-order valence-electron chi connectivity index (χ2n) is 5.62. The van der Waals surface area contributed by atoms with Crippen LogP contribution in [0.4, 0.5) is 0 Å². The molecular weight excluding hydrogens is 322 g/mol. The molecule has 0 heterocycles. The van der Waals surface area contributed by atoms with Crippen molar-refractivity contribution in [1.82, 2.24) is 4.72 Å². The summed E-state index contributed by atoms with van der Waals surface area (Å²) in [5.74, 6) is 0.274. The van der Waals surface area contributed by atoms with Gasteiger partial charge in [-0.25, -0.2) is 13.1 Å². The third-order valence-corrected chi connectivity index (χ3v) is 5.97. The lowest BCUT2D eigenvalue weighted by molar-refractivity contribution is 0.294. The average molecular weight is 342 g/mol. The van der Waals surface area contributed by atoms with Gasteiger partial charge in [0, 0.05) is 12.6 Å². The van der Waals surface area contributed by atoms with E-state index in [2.05, 4.69) is 4.72 Å². The number of benzene rings is 1. The van der Waals surface area contributed by atoms with Crippen molar-refractivity contribution in [3.8, 4) is 6.07 Å². The van der Waals surface area contributed by atoms with Crippen LogP contribution < -0.4 is 10.5 Å². The van der Waals surface area contributed by atoms with E-state index in [4.69, 9.17) is 22.6 Å². The van der Waals surface area contributed by atoms with Crippen molar-refractivity contribution in [2.75, 3.05) is 6.54 Å². The number of hydrogen-bond acceptors (Lipinski definition) is 4. The summed E-state index contributed by atoms with van der Waals surface area (Å²) in [4.78, 5) is 0.0442. The maximum absolute atomic E-state index is 12.5. The first-order chi connectivity index (χ1) is 10.5. The molecule has 0 bridgehead atoms. The topological polar surface area (TPSA) is 96.0 Å². The molecule has 120 valence electrons. The lowest BCUT2D eigenvalue weighted by atomic mass is 9.84. The molecule has 1 aliphatic rings. The molecule has 1 unspecified atom stereocenters. The molecule has 22 heavy (non-hydrogen) atoms. The van der Waals surface area contributed by atoms with Gasteiger partial charge < -0.3 is 5.73 Å². The van der Waals surface area contributed by atoms with Crippen LogP contribution in [0.5, 0.6) is 0 Å². The lowest BCUT2D eigenvalue weighted by Crippen LogP contribution is -2.45. The quantitative estimate of drug-likeness (QED) is 0.859. The van der Waals surface area contributed by atoms with Gasteiger partial charge in [-0.2, -0.15) is 5.26 Å². The molecule has 1 saturated carbocycles. The monoisotopic (exact) mass is 341 g/mol. The molecule has 7 heteroatoms. The van der Waals surface area contributed by atoms with E-state index in [1.54, 1.807) is 0 Å². The van der Waals surface area contributed by atoms with Crippen LogP contribution >= 0.6 is 11.6 Å². The van der Waals surface area contributed by atoms with Gasteiger partial charge in [0.2, 0.25) is 10.0 Å². The Bertz CT molecular complexity index is 664. The predicted molar refractivity (Wildman–Crippen MR) is 85.9 cm³/mol. The summed E-state index contributed by atoms with van der Waals surface area (Å²) in [5, 5.41) is 9.21. The molecule has 1 aromatic rings. The van der Waals surface area contributed by atoms with E-state index in [1.807, 2.05) is 6.07 Å². The van der Waals surface area contributed by atoms with E-state index in [9.17, 15) is 8.42 Å². The normalized spacial score (nSPS) is 17.9. The fraction of sp³-hybridized carbons (Fsp3) is 0.533. The van der Waals surface area contributed by atoms with E-state index in [1.165, 1.54) is 24.6 Å². The molecule has 0 saturated heterocycles. The van der Waals surface area contributed by atoms with Crippen LogP contribution in [0.1, 0.15) is 37.7 Å². The highest BCUT2D eigenvalue weighted by molar-refractivity contribution is 7.89. The van der Waals surface area contributed by atoms with Crippen LogP contribution in [0.25, 0.3) is 0 Å². The molecule has 1 aromatic carbocycles. The van der Waals surface area contributed by atoms with Gasteiger partial charge in [-0.1, -0.05) is 30.9 Å². The van der Waals surface area contributed by atoms with Gasteiger partial charge in [-0.3, -0.25) is 0 Å². The lowest BCUT2D eigenvalue weighted by Gasteiger charge is -2.29. The Morgan fingerprint density at radius 1 is 1.36 bits per heavy atom. The summed E-state index contributed by atoms with van der Waals surface area (Å²) in [6.07, 6.45) is 5.41. The summed E-state index contributed by atoms with van der Waals surface area (Å²) < 4.78 is 27.7. The van der Waals surface area contributed by atoms with Crippen molar-refractivity contribution < 1.29 is 8.42 Å². The standard InChI is InChI=1S/C15H20ClN3O2S/c16-14-7-6-13(8-12(14)9-17)22(20,21)19-15(10-18)11-4-2-1-3-5-11/h6-8,11,15,19H,1-5,10,18H2. The van der Waals surface area contributed by atoms with Crippen molar-refractivity contribution in [3.05, 3.63) is 28.8 Å². The molecule has 0 amide bonds. The maximum atomic E-state index is 12.5. The van der Waals surface area contributed by atoms with Crippen LogP contribution in [0.3, 0.4) is 0 Å². The second-order valence-corrected chi connectivity index (χ2v) is 7.74. The van der Waals surface area contributed by atoms with Crippen LogP contribution in [0, 0.1) is 17.2 Å². The number of nitrogens with one attached hydrogen (secondary N) is 1. The fourth-order valence-electron chi connectivity index (χ4n) is 2.90. The van der Waals surface area contributed by atoms with Gasteiger partial charge in [0.25, 0.3) is 0 Å². The zero-order valence-corrected chi connectivity index (χ0v) is 13.8. The Morgan fingerprint density at radius 2 is 2.05 bits per heavy atom. The van der Waals surface area contributed by atoms with Gasteiger partial charge >= 0.3 is 0 Å². The van der Waals surface area contributed by atoms with Crippen LogP contribution in [0.2, 0.25) is 5.02 Å². The first-order valence-corrected chi connectivity index (χ1v) is 9.26. The first kappa shape index (κ1) is 17.2. The molecule has 0 aliphatic heterocycles. The number of nitriles is 1. The van der Waals surface area contributed by atoms with Gasteiger partial charge in [-0.15, -0.1) is 0 Å². The minimum Gasteiger partial charge on any atom is -0.329 e. The van der Waals surface area contributed by atoms with E-state index >= 15 is 0 Å². The van der Waals surface area contributed by atoms with Gasteiger partial charge in [0.05, 0.1) is 15.5 Å². The van der Waals surface area contributed by atoms with Crippen LogP contribution in [0.15, 0.2) is 23.1 Å². The highest BCUT2D eigenvalue weighted by atomic mass is 35.5. The number of sulfonamides is 1. The van der Waals surface area contributed by atoms with Gasteiger partial charge in [0.1, 0.15) is 6.07 Å². The Hall–Kier alpha value is -1.13. The Kier molecular flexibility index (Phi) is 5.81. The Balaban J connectivity index is 2.20.